The fourth-order valence-corrected chi connectivity index (χ4v) is 9.15. The maximum absolute atomic E-state index is 11.8. The molecule has 0 bridgehead atoms. The van der Waals surface area contributed by atoms with Crippen molar-refractivity contribution in [2.75, 3.05) is 6.67 Å². The number of hydrogen-bond donors (Lipinski definition) is 2. The second-order valence-corrected chi connectivity index (χ2v) is 11.4. The van der Waals surface area contributed by atoms with Gasteiger partial charge >= 0.3 is 0 Å². The Balaban J connectivity index is 0.000000293. The van der Waals surface area contributed by atoms with Crippen LogP contribution < -0.4 is 11.1 Å². The topological polar surface area (TPSA) is 55.1 Å². The SMILES string of the molecule is N[C@H]1C[C@H](CF)NC1=O.S=S=S=S=S=S=S. The lowest BCUT2D eigenvalue weighted by atomic mass is 10.2. The van der Waals surface area contributed by atoms with Crippen LogP contribution in [0.1, 0.15) is 6.42 Å². The Hall–Kier alpha value is 0.900. The third-order valence-electron chi connectivity index (χ3n) is 1.52. The fraction of sp³-hybridized carbons (Fsp3) is 0.800. The molecule has 3 nitrogen and oxygen atoms in total. The van der Waals surface area contributed by atoms with Crippen LogP contribution in [-0.4, -0.2) is 24.7 Å². The van der Waals surface area contributed by atoms with E-state index in [9.17, 15) is 9.18 Å². The van der Waals surface area contributed by atoms with Crippen molar-refractivity contribution in [1.82, 2.24) is 5.32 Å². The predicted octanol–water partition coefficient (Wildman–Crippen LogP) is -0.845. The lowest BCUT2D eigenvalue weighted by molar-refractivity contribution is -0.120. The van der Waals surface area contributed by atoms with Gasteiger partial charge in [-0.2, -0.15) is 0 Å². The number of rotatable bonds is 1. The van der Waals surface area contributed by atoms with E-state index in [1.807, 2.05) is 0 Å². The summed E-state index contributed by atoms with van der Waals surface area (Å²) in [6.45, 7) is -0.514. The Labute approximate surface area is 117 Å². The highest BCUT2D eigenvalue weighted by atomic mass is 33.4. The zero-order valence-corrected chi connectivity index (χ0v) is 13.5. The summed E-state index contributed by atoms with van der Waals surface area (Å²) in [5.74, 6) is -0.238. The van der Waals surface area contributed by atoms with Crippen molar-refractivity contribution in [3.63, 3.8) is 0 Å². The van der Waals surface area contributed by atoms with Gasteiger partial charge < -0.3 is 11.1 Å². The van der Waals surface area contributed by atoms with Crippen LogP contribution in [0.5, 0.6) is 0 Å². The summed E-state index contributed by atoms with van der Waals surface area (Å²) < 4.78 is 11.8. The summed E-state index contributed by atoms with van der Waals surface area (Å²) in [7, 11) is 7.36. The van der Waals surface area contributed by atoms with Gasteiger partial charge in [0.2, 0.25) is 5.91 Å². The number of hydrogen-bond acceptors (Lipinski definition) is 4. The van der Waals surface area contributed by atoms with E-state index in [-0.39, 0.29) is 11.9 Å². The molecular formula is C5H9FN2OS7. The smallest absolute Gasteiger partial charge is 0.237 e. The summed E-state index contributed by atoms with van der Waals surface area (Å²) in [5, 5.41) is 2.41. The molecule has 2 atom stereocenters. The average Bonchev–Trinajstić information content (AvgIpc) is 2.60. The van der Waals surface area contributed by atoms with E-state index in [1.54, 1.807) is 26.6 Å². The minimum Gasteiger partial charge on any atom is -0.349 e. The van der Waals surface area contributed by atoms with Crippen LogP contribution in [0.2, 0.25) is 0 Å². The summed E-state index contributed by atoms with van der Waals surface area (Å²) >= 11 is 9.14. The minimum absolute atomic E-state index is 0.238. The van der Waals surface area contributed by atoms with Gasteiger partial charge in [0.25, 0.3) is 0 Å². The van der Waals surface area contributed by atoms with E-state index < -0.39 is 12.7 Å². The molecule has 0 aromatic heterocycles. The first-order valence-electron chi connectivity index (χ1n) is 3.86. The molecule has 0 spiro atoms. The first kappa shape index (κ1) is 16.9. The second kappa shape index (κ2) is 11.0. The zero-order chi connectivity index (χ0) is 12.4. The number of alkyl halides is 1. The number of carbonyl (C=O) groups is 1. The highest BCUT2D eigenvalue weighted by molar-refractivity contribution is 8.68. The van der Waals surface area contributed by atoms with Crippen molar-refractivity contribution in [3.05, 3.63) is 0 Å². The van der Waals surface area contributed by atoms with E-state index in [0.717, 1.165) is 0 Å². The molecule has 1 rings (SSSR count). The Morgan fingerprint density at radius 3 is 2.19 bits per heavy atom. The van der Waals surface area contributed by atoms with Crippen LogP contribution in [0, 0.1) is 0 Å². The van der Waals surface area contributed by atoms with Gasteiger partial charge in [-0.05, 0) is 6.42 Å². The van der Waals surface area contributed by atoms with E-state index in [2.05, 4.69) is 27.7 Å². The number of amides is 1. The highest BCUT2D eigenvalue weighted by Gasteiger charge is 2.28. The molecule has 1 aliphatic heterocycles. The largest absolute Gasteiger partial charge is 0.349 e. The summed E-state index contributed by atoms with van der Waals surface area (Å²) in [5.41, 5.74) is 5.27. The van der Waals surface area contributed by atoms with Gasteiger partial charge in [-0.25, -0.2) is 4.39 Å². The van der Waals surface area contributed by atoms with Crippen molar-refractivity contribution in [2.24, 2.45) is 5.73 Å². The Morgan fingerprint density at radius 1 is 1.38 bits per heavy atom. The maximum Gasteiger partial charge on any atom is 0.237 e. The molecule has 1 amide bonds. The first-order valence-corrected chi connectivity index (χ1v) is 11.9. The lowest BCUT2D eigenvalue weighted by Crippen LogP contribution is -2.31. The Kier molecular flexibility index (Phi) is 11.6. The molecule has 16 heavy (non-hydrogen) atoms. The van der Waals surface area contributed by atoms with Crippen molar-refractivity contribution < 1.29 is 9.18 Å². The van der Waals surface area contributed by atoms with E-state index in [4.69, 9.17) is 5.73 Å². The number of halogens is 1. The van der Waals surface area contributed by atoms with E-state index in [1.165, 1.54) is 17.8 Å². The molecule has 0 saturated carbocycles. The highest BCUT2D eigenvalue weighted by Crippen LogP contribution is 2.05. The molecule has 1 aliphatic rings. The van der Waals surface area contributed by atoms with E-state index >= 15 is 0 Å². The third-order valence-corrected chi connectivity index (χ3v) is 10.4. The molecule has 0 unspecified atom stereocenters. The van der Waals surface area contributed by atoms with Crippen molar-refractivity contribution in [1.29, 1.82) is 0 Å². The fourth-order valence-electron chi connectivity index (χ4n) is 0.916. The molecule has 0 aromatic carbocycles. The normalized spacial score (nSPS) is 22.2. The summed E-state index contributed by atoms with van der Waals surface area (Å²) in [6, 6.07) is -0.835. The van der Waals surface area contributed by atoms with Crippen LogP contribution >= 0.6 is 0 Å². The van der Waals surface area contributed by atoms with Crippen LogP contribution in [0.15, 0.2) is 0 Å². The summed E-state index contributed by atoms with van der Waals surface area (Å²) in [4.78, 5) is 10.5. The van der Waals surface area contributed by atoms with Crippen LogP contribution in [0.4, 0.5) is 4.39 Å². The van der Waals surface area contributed by atoms with Crippen LogP contribution in [0.3, 0.4) is 0 Å². The maximum atomic E-state index is 11.8. The summed E-state index contributed by atoms with van der Waals surface area (Å²) in [6.07, 6.45) is 0.426. The van der Waals surface area contributed by atoms with Gasteiger partial charge in [0, 0.05) is 66.8 Å². The molecule has 0 radical (unpaired) electrons. The molecule has 0 aromatic rings. The van der Waals surface area contributed by atoms with Gasteiger partial charge in [-0.1, -0.05) is 0 Å². The minimum atomic E-state index is -0.514. The molecule has 1 fully saturated rings. The third kappa shape index (κ3) is 8.06. The zero-order valence-electron chi connectivity index (χ0n) is 7.79. The number of carbonyl (C=O) groups excluding carboxylic acids is 1. The first-order chi connectivity index (χ1) is 7.65. The molecule has 1 heterocycles. The van der Waals surface area contributed by atoms with Gasteiger partial charge in [0.15, 0.2) is 0 Å². The number of nitrogens with one attached hydrogen (secondary N) is 1. The van der Waals surface area contributed by atoms with Gasteiger partial charge in [-0.3, -0.25) is 4.79 Å². The van der Waals surface area contributed by atoms with Crippen molar-refractivity contribution in [2.45, 2.75) is 18.5 Å². The quantitative estimate of drug-likeness (QED) is 0.643. The van der Waals surface area contributed by atoms with E-state index in [0.29, 0.717) is 6.42 Å². The molecule has 94 valence electrons. The van der Waals surface area contributed by atoms with Gasteiger partial charge in [-0.15, -0.1) is 0 Å². The van der Waals surface area contributed by atoms with Crippen LogP contribution in [0.25, 0.3) is 0 Å². The van der Waals surface area contributed by atoms with Gasteiger partial charge in [0.05, 0.1) is 12.1 Å². The Bertz CT molecular complexity index is 404. The van der Waals surface area contributed by atoms with Crippen molar-refractivity contribution >= 4 is 72.7 Å². The molecular weight excluding hydrogens is 348 g/mol. The Morgan fingerprint density at radius 2 is 1.94 bits per heavy atom. The second-order valence-electron chi connectivity index (χ2n) is 2.54. The van der Waals surface area contributed by atoms with Crippen LogP contribution in [-0.2, 0) is 71.6 Å². The molecule has 3 N–H and O–H groups in total. The molecule has 11 heteroatoms. The molecule has 1 saturated heterocycles. The number of nitrogens with two attached hydrogens (primary N) is 1. The van der Waals surface area contributed by atoms with Gasteiger partial charge in [0.1, 0.15) is 6.67 Å². The molecule has 0 aliphatic carbocycles. The standard InChI is InChI=1S/C5H9FN2O.S7/c6-2-3-1-4(7)5(9)8-3;1-3-5-7-6-4-2/h3-4H,1-2,7H2,(H,8,9);/t3-,4+;/m1./s1. The lowest BCUT2D eigenvalue weighted by Gasteiger charge is -1.99. The monoisotopic (exact) mass is 356 g/mol. The average molecular weight is 357 g/mol. The predicted molar refractivity (Wildman–Crippen MR) is 82.1 cm³/mol. The van der Waals surface area contributed by atoms with Crippen molar-refractivity contribution in [3.8, 4) is 0 Å².